The van der Waals surface area contributed by atoms with Gasteiger partial charge in [-0.2, -0.15) is 0 Å². The minimum Gasteiger partial charge on any atom is -0.505 e. The molecule has 0 spiro atoms. The second-order valence-corrected chi connectivity index (χ2v) is 6.39. The molecule has 10 nitrogen and oxygen atoms in total. The molecule has 3 aromatic rings. The summed E-state index contributed by atoms with van der Waals surface area (Å²) in [5, 5.41) is 19.4. The number of nitrogens with two attached hydrogens (primary N) is 1. The van der Waals surface area contributed by atoms with E-state index in [-0.39, 0.29) is 17.3 Å². The number of Topliss-reactive ketones (excluding diaryl/α,β-unsaturated/α-hetero) is 1. The molecule has 0 amide bonds. The molecule has 0 fully saturated rings. The van der Waals surface area contributed by atoms with Crippen LogP contribution < -0.4 is 20.8 Å². The SMILES string of the molecule is COc1ccc(Cn2ccc3c(O)c(C(=O)C(N)C(=O)O)ncc3c2=O)c(OC)c1. The van der Waals surface area contributed by atoms with Crippen LogP contribution >= 0.6 is 0 Å². The number of aromatic hydroxyl groups is 1. The van der Waals surface area contributed by atoms with Crippen LogP contribution in [0.5, 0.6) is 17.2 Å². The van der Waals surface area contributed by atoms with Crippen LogP contribution in [0.1, 0.15) is 16.1 Å². The first-order valence-electron chi connectivity index (χ1n) is 8.73. The number of carboxylic acid groups (broad SMARTS) is 1. The Balaban J connectivity index is 2.04. The molecule has 30 heavy (non-hydrogen) atoms. The molecule has 0 aliphatic rings. The molecular formula is C20H19N3O7. The molecule has 0 bridgehead atoms. The fourth-order valence-electron chi connectivity index (χ4n) is 2.97. The molecule has 0 aliphatic heterocycles. The largest absolute Gasteiger partial charge is 0.505 e. The average Bonchev–Trinajstić information content (AvgIpc) is 2.75. The summed E-state index contributed by atoms with van der Waals surface area (Å²) in [7, 11) is 3.04. The summed E-state index contributed by atoms with van der Waals surface area (Å²) < 4.78 is 11.9. The summed E-state index contributed by atoms with van der Waals surface area (Å²) in [4.78, 5) is 39.7. The molecule has 2 aromatic heterocycles. The van der Waals surface area contributed by atoms with Gasteiger partial charge in [-0.25, -0.2) is 4.98 Å². The molecule has 0 aliphatic carbocycles. The van der Waals surface area contributed by atoms with E-state index >= 15 is 0 Å². The molecule has 0 radical (unpaired) electrons. The fourth-order valence-corrected chi connectivity index (χ4v) is 2.97. The van der Waals surface area contributed by atoms with Crippen LogP contribution in [0.3, 0.4) is 0 Å². The number of hydrogen-bond acceptors (Lipinski definition) is 8. The van der Waals surface area contributed by atoms with Crippen molar-refractivity contribution in [3.05, 3.63) is 58.3 Å². The second-order valence-electron chi connectivity index (χ2n) is 6.39. The third-order valence-corrected chi connectivity index (χ3v) is 4.62. The number of carbonyl (C=O) groups excluding carboxylic acids is 1. The number of benzene rings is 1. The van der Waals surface area contributed by atoms with E-state index in [0.29, 0.717) is 11.5 Å². The maximum Gasteiger partial charge on any atom is 0.328 e. The summed E-state index contributed by atoms with van der Waals surface area (Å²) in [6.45, 7) is 0.174. The van der Waals surface area contributed by atoms with Crippen molar-refractivity contribution in [3.63, 3.8) is 0 Å². The first-order valence-corrected chi connectivity index (χ1v) is 8.73. The van der Waals surface area contributed by atoms with Crippen molar-refractivity contribution in [3.8, 4) is 17.2 Å². The topological polar surface area (TPSA) is 154 Å². The summed E-state index contributed by atoms with van der Waals surface area (Å²) in [5.41, 5.74) is 5.05. The highest BCUT2D eigenvalue weighted by atomic mass is 16.5. The highest BCUT2D eigenvalue weighted by Crippen LogP contribution is 2.27. The van der Waals surface area contributed by atoms with E-state index in [1.54, 1.807) is 18.2 Å². The number of carbonyl (C=O) groups is 2. The first-order chi connectivity index (χ1) is 14.3. The highest BCUT2D eigenvalue weighted by Gasteiger charge is 2.27. The summed E-state index contributed by atoms with van der Waals surface area (Å²) in [6, 6.07) is 4.76. The Morgan fingerprint density at radius 1 is 1.20 bits per heavy atom. The van der Waals surface area contributed by atoms with Gasteiger partial charge in [0.2, 0.25) is 5.78 Å². The van der Waals surface area contributed by atoms with Crippen LogP contribution in [0.2, 0.25) is 0 Å². The molecule has 0 saturated carbocycles. The van der Waals surface area contributed by atoms with Crippen LogP contribution in [0.25, 0.3) is 10.8 Å². The van der Waals surface area contributed by atoms with Crippen molar-refractivity contribution in [1.29, 1.82) is 0 Å². The Hall–Kier alpha value is -3.92. The maximum atomic E-state index is 12.9. The zero-order valence-electron chi connectivity index (χ0n) is 16.2. The molecule has 1 atom stereocenters. The van der Waals surface area contributed by atoms with Crippen molar-refractivity contribution < 1.29 is 29.3 Å². The second kappa shape index (κ2) is 8.21. The Labute approximate surface area is 170 Å². The van der Waals surface area contributed by atoms with Gasteiger partial charge in [0, 0.05) is 29.4 Å². The number of ether oxygens (including phenoxy) is 2. The third kappa shape index (κ3) is 3.67. The number of hydrogen-bond donors (Lipinski definition) is 3. The van der Waals surface area contributed by atoms with E-state index in [9.17, 15) is 19.5 Å². The molecule has 1 aromatic carbocycles. The lowest BCUT2D eigenvalue weighted by atomic mass is 10.1. The molecule has 0 saturated heterocycles. The zero-order valence-corrected chi connectivity index (χ0v) is 16.2. The number of ketones is 1. The lowest BCUT2D eigenvalue weighted by Crippen LogP contribution is -2.39. The van der Waals surface area contributed by atoms with Gasteiger partial charge in [0.05, 0.1) is 26.2 Å². The van der Waals surface area contributed by atoms with Crippen LogP contribution in [0, 0.1) is 0 Å². The molecule has 10 heteroatoms. The Morgan fingerprint density at radius 2 is 1.93 bits per heavy atom. The Morgan fingerprint density at radius 3 is 2.57 bits per heavy atom. The van der Waals surface area contributed by atoms with Gasteiger partial charge in [-0.1, -0.05) is 0 Å². The van der Waals surface area contributed by atoms with Crippen LogP contribution in [0.4, 0.5) is 0 Å². The minimum atomic E-state index is -1.87. The molecule has 1 unspecified atom stereocenters. The van der Waals surface area contributed by atoms with E-state index in [1.165, 1.54) is 31.0 Å². The standard InChI is InChI=1S/C20H19N3O7/c1-29-11-4-3-10(14(7-11)30-2)9-23-6-5-12-13(19(23)26)8-22-16(17(12)24)18(25)15(21)20(27)28/h3-8,15,24H,9,21H2,1-2H3,(H,27,28). The average molecular weight is 413 g/mol. The van der Waals surface area contributed by atoms with Crippen LogP contribution in [-0.4, -0.2) is 51.8 Å². The third-order valence-electron chi connectivity index (χ3n) is 4.62. The van der Waals surface area contributed by atoms with Crippen LogP contribution in [0.15, 0.2) is 41.5 Å². The number of fused-ring (bicyclic) bond motifs is 1. The predicted molar refractivity (Wildman–Crippen MR) is 106 cm³/mol. The number of methoxy groups -OCH3 is 2. The van der Waals surface area contributed by atoms with Gasteiger partial charge < -0.3 is 30.0 Å². The van der Waals surface area contributed by atoms with Crippen molar-refractivity contribution in [2.75, 3.05) is 14.2 Å². The first kappa shape index (κ1) is 20.8. The lowest BCUT2D eigenvalue weighted by molar-refractivity contribution is -0.137. The van der Waals surface area contributed by atoms with Crippen LogP contribution in [-0.2, 0) is 11.3 Å². The van der Waals surface area contributed by atoms with Crippen molar-refractivity contribution in [2.45, 2.75) is 12.6 Å². The van der Waals surface area contributed by atoms with Gasteiger partial charge in [0.25, 0.3) is 5.56 Å². The number of aromatic nitrogens is 2. The fraction of sp³-hybridized carbons (Fsp3) is 0.200. The summed E-state index contributed by atoms with van der Waals surface area (Å²) in [5.74, 6) is -2.07. The predicted octanol–water partition coefficient (Wildman–Crippen LogP) is 0.762. The maximum absolute atomic E-state index is 12.9. The van der Waals surface area contributed by atoms with E-state index in [0.717, 1.165) is 11.8 Å². The lowest BCUT2D eigenvalue weighted by Gasteiger charge is -2.13. The smallest absolute Gasteiger partial charge is 0.328 e. The van der Waals surface area contributed by atoms with Crippen molar-refractivity contribution in [1.82, 2.24) is 9.55 Å². The van der Waals surface area contributed by atoms with Gasteiger partial charge in [-0.3, -0.25) is 14.4 Å². The zero-order chi connectivity index (χ0) is 22.0. The van der Waals surface area contributed by atoms with Crippen molar-refractivity contribution in [2.24, 2.45) is 5.73 Å². The summed E-state index contributed by atoms with van der Waals surface area (Å²) in [6.07, 6.45) is 2.56. The van der Waals surface area contributed by atoms with Gasteiger partial charge in [-0.05, 0) is 18.2 Å². The number of aliphatic carboxylic acids is 1. The molecular weight excluding hydrogens is 394 g/mol. The van der Waals surface area contributed by atoms with Gasteiger partial charge in [0.1, 0.15) is 11.5 Å². The molecule has 2 heterocycles. The van der Waals surface area contributed by atoms with E-state index < -0.39 is 34.8 Å². The minimum absolute atomic E-state index is 0.0583. The summed E-state index contributed by atoms with van der Waals surface area (Å²) >= 11 is 0. The number of carboxylic acids is 1. The van der Waals surface area contributed by atoms with Crippen molar-refractivity contribution >= 4 is 22.5 Å². The molecule has 3 rings (SSSR count). The normalized spacial score (nSPS) is 11.8. The van der Waals surface area contributed by atoms with E-state index in [2.05, 4.69) is 4.98 Å². The van der Waals surface area contributed by atoms with Gasteiger partial charge >= 0.3 is 5.97 Å². The van der Waals surface area contributed by atoms with E-state index in [4.69, 9.17) is 20.3 Å². The molecule has 156 valence electrons. The Bertz CT molecular complexity index is 1200. The Kier molecular flexibility index (Phi) is 5.70. The quantitative estimate of drug-likeness (QED) is 0.376. The number of pyridine rings is 2. The van der Waals surface area contributed by atoms with Gasteiger partial charge in [0.15, 0.2) is 17.5 Å². The molecule has 4 N–H and O–H groups in total. The number of rotatable bonds is 7. The van der Waals surface area contributed by atoms with Gasteiger partial charge in [-0.15, -0.1) is 0 Å². The highest BCUT2D eigenvalue weighted by molar-refractivity contribution is 6.13. The monoisotopic (exact) mass is 413 g/mol. The van der Waals surface area contributed by atoms with E-state index in [1.807, 2.05) is 0 Å². The number of nitrogens with zero attached hydrogens (tertiary/aromatic N) is 2.